The smallest absolute Gasteiger partial charge is 0.246 e. The number of nitrogens with zero attached hydrogens (tertiary/aromatic N) is 2. The van der Waals surface area contributed by atoms with E-state index in [0.29, 0.717) is 19.4 Å². The van der Waals surface area contributed by atoms with Gasteiger partial charge in [-0.3, -0.25) is 24.0 Å². The topological polar surface area (TPSA) is 193 Å². The van der Waals surface area contributed by atoms with Crippen molar-refractivity contribution in [1.82, 2.24) is 25.8 Å². The summed E-state index contributed by atoms with van der Waals surface area (Å²) < 4.78 is 6.13. The number of benzene rings is 2. The molecule has 13 nitrogen and oxygen atoms in total. The van der Waals surface area contributed by atoms with Gasteiger partial charge in [0.05, 0.1) is 40.9 Å². The predicted octanol–water partition coefficient (Wildman–Crippen LogP) is 4.71. The molecule has 4 rings (SSSR count). The number of aryl methyl sites for hydroxylation is 2. The number of aliphatic hydroxyl groups is 1. The molecule has 0 unspecified atom stereocenters. The third-order valence-electron chi connectivity index (χ3n) is 10.3. The van der Waals surface area contributed by atoms with Crippen LogP contribution in [0.5, 0.6) is 0 Å². The highest BCUT2D eigenvalue weighted by atomic mass is 32.1. The highest BCUT2D eigenvalue weighted by Crippen LogP contribution is 2.28. The van der Waals surface area contributed by atoms with E-state index >= 15 is 0 Å². The number of rotatable bonds is 20. The summed E-state index contributed by atoms with van der Waals surface area (Å²) in [7, 11) is 0. The molecule has 1 aliphatic heterocycles. The Balaban J connectivity index is 1.25. The van der Waals surface area contributed by atoms with E-state index in [1.54, 1.807) is 11.3 Å². The van der Waals surface area contributed by atoms with Gasteiger partial charge in [-0.25, -0.2) is 4.98 Å². The molecule has 3 aromatic rings. The van der Waals surface area contributed by atoms with Gasteiger partial charge in [-0.05, 0) is 67.2 Å². The van der Waals surface area contributed by atoms with E-state index < -0.39 is 29.5 Å². The number of carbonyl (C=O) groups excluding carboxylic acids is 5. The largest absolute Gasteiger partial charge is 0.391 e. The van der Waals surface area contributed by atoms with Crippen LogP contribution in [0.15, 0.2) is 54.0 Å². The molecule has 2 heterocycles. The fourth-order valence-electron chi connectivity index (χ4n) is 7.05. The van der Waals surface area contributed by atoms with Gasteiger partial charge in [-0.1, -0.05) is 75.7 Å². The first-order valence-electron chi connectivity index (χ1n) is 19.8. The zero-order chi connectivity index (χ0) is 41.7. The lowest BCUT2D eigenvalue weighted by Crippen LogP contribution is -2.57. The monoisotopic (exact) mass is 804 g/mol. The summed E-state index contributed by atoms with van der Waals surface area (Å²) in [5, 5.41) is 19.3. The average Bonchev–Trinajstić information content (AvgIpc) is 3.78. The van der Waals surface area contributed by atoms with Crippen LogP contribution in [0.25, 0.3) is 10.4 Å². The molecular weight excluding hydrogens is 745 g/mol. The summed E-state index contributed by atoms with van der Waals surface area (Å²) in [6.45, 7) is 11.5. The summed E-state index contributed by atoms with van der Waals surface area (Å²) in [4.78, 5) is 70.5. The second kappa shape index (κ2) is 21.2. The van der Waals surface area contributed by atoms with E-state index in [1.165, 1.54) is 11.8 Å². The summed E-state index contributed by atoms with van der Waals surface area (Å²) in [5.74, 6) is -1.61. The molecular formula is C43H60N6O7S. The lowest BCUT2D eigenvalue weighted by Gasteiger charge is -2.35. The lowest BCUT2D eigenvalue weighted by atomic mass is 9.85. The molecule has 1 saturated heterocycles. The number of β-amino-alcohol motifs (C(OH)–C–C–N with tert-alkyl or cyclic N) is 1. The molecule has 0 saturated carbocycles. The van der Waals surface area contributed by atoms with Crippen molar-refractivity contribution in [3.63, 3.8) is 0 Å². The fraction of sp³-hybridized carbons (Fsp3) is 0.535. The fourth-order valence-corrected chi connectivity index (χ4v) is 7.87. The number of amides is 5. The minimum absolute atomic E-state index is 0.0128. The van der Waals surface area contributed by atoms with E-state index in [-0.39, 0.29) is 68.1 Å². The van der Waals surface area contributed by atoms with Gasteiger partial charge < -0.3 is 36.4 Å². The quantitative estimate of drug-likeness (QED) is 0.101. The number of unbranched alkanes of at least 4 members (excludes halogenated alkanes) is 2. The van der Waals surface area contributed by atoms with Crippen molar-refractivity contribution in [3.05, 3.63) is 76.4 Å². The molecule has 1 fully saturated rings. The molecule has 0 spiro atoms. The molecule has 1 aliphatic rings. The van der Waals surface area contributed by atoms with Crippen LogP contribution in [0.3, 0.4) is 0 Å². The van der Waals surface area contributed by atoms with Crippen LogP contribution < -0.4 is 21.7 Å². The number of aromatic nitrogens is 1. The number of likely N-dealkylation sites (tertiary alicyclic amines) is 1. The summed E-state index contributed by atoms with van der Waals surface area (Å²) in [5.41, 5.74) is 11.6. The van der Waals surface area contributed by atoms with Crippen molar-refractivity contribution in [1.29, 1.82) is 0 Å². The number of thiazole rings is 1. The minimum Gasteiger partial charge on any atom is -0.391 e. The molecule has 2 aromatic carbocycles. The zero-order valence-corrected chi connectivity index (χ0v) is 35.0. The second-order valence-electron chi connectivity index (χ2n) is 16.1. The van der Waals surface area contributed by atoms with Gasteiger partial charge in [0, 0.05) is 39.3 Å². The number of aliphatic hydroxyl groups excluding tert-OH is 1. The van der Waals surface area contributed by atoms with Gasteiger partial charge in [-0.15, -0.1) is 11.3 Å². The van der Waals surface area contributed by atoms with Gasteiger partial charge in [0.1, 0.15) is 12.1 Å². The highest BCUT2D eigenvalue weighted by molar-refractivity contribution is 7.13. The number of carbonyl (C=O) groups is 5. The maximum absolute atomic E-state index is 14.0. The zero-order valence-electron chi connectivity index (χ0n) is 34.1. The number of hydrogen-bond acceptors (Lipinski definition) is 9. The van der Waals surface area contributed by atoms with Crippen molar-refractivity contribution in [2.24, 2.45) is 11.1 Å². The van der Waals surface area contributed by atoms with Crippen LogP contribution in [0.4, 0.5) is 0 Å². The molecule has 0 aliphatic carbocycles. The van der Waals surface area contributed by atoms with Crippen LogP contribution in [0.1, 0.15) is 102 Å². The average molecular weight is 805 g/mol. The Morgan fingerprint density at radius 2 is 1.70 bits per heavy atom. The Morgan fingerprint density at radius 1 is 1.00 bits per heavy atom. The number of hydrogen-bond donors (Lipinski definition) is 5. The van der Waals surface area contributed by atoms with Gasteiger partial charge in [0.15, 0.2) is 0 Å². The molecule has 5 amide bonds. The Hall–Kier alpha value is -4.66. The molecule has 1 aromatic heterocycles. The summed E-state index contributed by atoms with van der Waals surface area (Å²) in [6.07, 6.45) is 2.76. The minimum atomic E-state index is -0.886. The predicted molar refractivity (Wildman–Crippen MR) is 221 cm³/mol. The van der Waals surface area contributed by atoms with Gasteiger partial charge >= 0.3 is 0 Å². The van der Waals surface area contributed by atoms with Crippen molar-refractivity contribution < 1.29 is 33.8 Å². The Bertz CT molecular complexity index is 1820. The van der Waals surface area contributed by atoms with Crippen LogP contribution in [-0.4, -0.2) is 81.4 Å². The first-order chi connectivity index (χ1) is 27.0. The highest BCUT2D eigenvalue weighted by Gasteiger charge is 2.44. The molecule has 5 atom stereocenters. The van der Waals surface area contributed by atoms with Crippen molar-refractivity contribution >= 4 is 40.9 Å². The Kier molecular flexibility index (Phi) is 16.8. The Morgan fingerprint density at radius 3 is 2.33 bits per heavy atom. The van der Waals surface area contributed by atoms with Crippen molar-refractivity contribution in [2.75, 3.05) is 6.54 Å². The lowest BCUT2D eigenvalue weighted by molar-refractivity contribution is -0.144. The summed E-state index contributed by atoms with van der Waals surface area (Å²) in [6, 6.07) is 13.8. The Labute approximate surface area is 340 Å². The maximum atomic E-state index is 14.0. The summed E-state index contributed by atoms with van der Waals surface area (Å²) >= 11 is 1.58. The van der Waals surface area contributed by atoms with Crippen molar-refractivity contribution in [2.45, 2.75) is 136 Å². The standard InChI is InChI=1S/C43H60N6O7S/c1-27-39(57-26-46-27)32-18-16-30(17-19-32)23-45-41(54)36-22-34(51)24-49(36)42(55)40(43(4,5)6)48-38(53)15-9-7-8-12-31-13-10-11-14-33(31)25-56-28(2)35(47-29(3)50)20-21-37(44)52/h10-11,13-14,16-19,26,28,34-36,40,51H,7-9,12,15,20-25H2,1-6H3,(H2,44,52)(H,45,54)(H,47,50)(H,48,53)/t28-,34-,35+,36+,40-/m1/s1. The van der Waals surface area contributed by atoms with E-state index in [9.17, 15) is 29.1 Å². The van der Waals surface area contributed by atoms with Crippen LogP contribution in [0.2, 0.25) is 0 Å². The molecule has 57 heavy (non-hydrogen) atoms. The third kappa shape index (κ3) is 13.8. The van der Waals surface area contributed by atoms with Crippen LogP contribution >= 0.6 is 11.3 Å². The number of nitrogens with two attached hydrogens (primary N) is 1. The normalized spacial score (nSPS) is 17.1. The van der Waals surface area contributed by atoms with E-state index in [0.717, 1.165) is 52.1 Å². The van der Waals surface area contributed by atoms with Gasteiger partial charge in [-0.2, -0.15) is 0 Å². The van der Waals surface area contributed by atoms with E-state index in [1.807, 2.05) is 82.6 Å². The van der Waals surface area contributed by atoms with E-state index in [2.05, 4.69) is 27.0 Å². The van der Waals surface area contributed by atoms with E-state index in [4.69, 9.17) is 10.5 Å². The molecule has 310 valence electrons. The number of primary amides is 1. The second-order valence-corrected chi connectivity index (χ2v) is 17.0. The molecule has 14 heteroatoms. The third-order valence-corrected chi connectivity index (χ3v) is 11.3. The van der Waals surface area contributed by atoms with Gasteiger partial charge in [0.2, 0.25) is 29.5 Å². The first-order valence-corrected chi connectivity index (χ1v) is 20.7. The maximum Gasteiger partial charge on any atom is 0.246 e. The molecule has 0 bridgehead atoms. The van der Waals surface area contributed by atoms with Crippen molar-refractivity contribution in [3.8, 4) is 10.4 Å². The van der Waals surface area contributed by atoms with Crippen LogP contribution in [-0.2, 0) is 48.3 Å². The molecule has 0 radical (unpaired) electrons. The first kappa shape index (κ1) is 45.0. The van der Waals surface area contributed by atoms with Gasteiger partial charge in [0.25, 0.3) is 0 Å². The van der Waals surface area contributed by atoms with Crippen LogP contribution in [0, 0.1) is 12.3 Å². The number of nitrogens with one attached hydrogen (secondary N) is 3. The molecule has 6 N–H and O–H groups in total. The SMILES string of the molecule is CC(=O)N[C@@H](CCC(N)=O)[C@@H](C)OCc1ccccc1CCCCCC(=O)N[C@H](C(=O)N1C[C@H](O)C[C@H]1C(=O)NCc1ccc(-c2scnc2C)cc1)C(C)(C)C. The number of ether oxygens (including phenoxy) is 1.